The second-order valence-electron chi connectivity index (χ2n) is 15.2. The molecule has 4 heteroatoms. The van der Waals surface area contributed by atoms with Crippen molar-refractivity contribution in [3.05, 3.63) is 200 Å². The number of para-hydroxylation sites is 1. The molecular formula is C53H36N2O2. The zero-order valence-electron chi connectivity index (χ0n) is 31.3. The van der Waals surface area contributed by atoms with Gasteiger partial charge in [0, 0.05) is 33.0 Å². The molecule has 0 spiro atoms. The maximum absolute atomic E-state index is 6.44. The van der Waals surface area contributed by atoms with Crippen LogP contribution < -0.4 is 4.74 Å². The van der Waals surface area contributed by atoms with Gasteiger partial charge in [-0.2, -0.15) is 0 Å². The molecule has 0 fully saturated rings. The van der Waals surface area contributed by atoms with Crippen LogP contribution in [0.15, 0.2) is 199 Å². The molecule has 4 nitrogen and oxygen atoms in total. The van der Waals surface area contributed by atoms with Crippen molar-refractivity contribution in [2.75, 3.05) is 0 Å². The van der Waals surface area contributed by atoms with Crippen molar-refractivity contribution >= 4 is 21.9 Å². The zero-order chi connectivity index (χ0) is 37.9. The minimum Gasteiger partial charge on any atom is -0.485 e. The van der Waals surface area contributed by atoms with Crippen molar-refractivity contribution in [3.8, 4) is 73.0 Å². The fourth-order valence-corrected chi connectivity index (χ4v) is 8.45. The topological polar surface area (TPSA) is 48.2 Å². The number of ether oxygens (including phenoxy) is 1. The summed E-state index contributed by atoms with van der Waals surface area (Å²) in [5.41, 5.74) is 14.1. The summed E-state index contributed by atoms with van der Waals surface area (Å²) in [4.78, 5) is 10.5. The Bertz CT molecular complexity index is 3070. The molecule has 2 aliphatic rings. The van der Waals surface area contributed by atoms with Gasteiger partial charge in [-0.1, -0.05) is 127 Å². The van der Waals surface area contributed by atoms with E-state index in [0.717, 1.165) is 89.1 Å². The van der Waals surface area contributed by atoms with E-state index in [1.165, 1.54) is 5.56 Å². The maximum atomic E-state index is 6.44. The van der Waals surface area contributed by atoms with E-state index in [0.29, 0.717) is 5.82 Å². The van der Waals surface area contributed by atoms with E-state index in [2.05, 4.69) is 165 Å². The van der Waals surface area contributed by atoms with E-state index in [9.17, 15) is 0 Å². The molecule has 0 N–H and O–H groups in total. The normalized spacial score (nSPS) is 16.8. The number of furan rings is 1. The van der Waals surface area contributed by atoms with Crippen molar-refractivity contribution in [1.29, 1.82) is 0 Å². The number of fused-ring (bicyclic) bond motifs is 6. The Kier molecular flexibility index (Phi) is 7.65. The lowest BCUT2D eigenvalue weighted by Gasteiger charge is -2.27. The summed E-state index contributed by atoms with van der Waals surface area (Å²) >= 11 is 0. The predicted octanol–water partition coefficient (Wildman–Crippen LogP) is 13.5. The maximum Gasteiger partial charge on any atom is 0.160 e. The smallest absolute Gasteiger partial charge is 0.160 e. The monoisotopic (exact) mass is 732 g/mol. The number of nitrogens with zero attached hydrogens (tertiary/aromatic N) is 2. The molecule has 0 saturated heterocycles. The third kappa shape index (κ3) is 5.77. The van der Waals surface area contributed by atoms with Gasteiger partial charge < -0.3 is 9.15 Å². The number of benzene rings is 7. The van der Waals surface area contributed by atoms with E-state index in [-0.39, 0.29) is 11.5 Å². The summed E-state index contributed by atoms with van der Waals surface area (Å²) in [5, 5.41) is 2.20. The minimum absolute atomic E-state index is 0.0256. The van der Waals surface area contributed by atoms with Crippen LogP contribution in [0.1, 0.15) is 12.5 Å². The molecule has 9 aromatic rings. The van der Waals surface area contributed by atoms with E-state index in [1.54, 1.807) is 0 Å². The lowest BCUT2D eigenvalue weighted by Crippen LogP contribution is -2.32. The van der Waals surface area contributed by atoms with Crippen molar-refractivity contribution < 1.29 is 9.15 Å². The fourth-order valence-electron chi connectivity index (χ4n) is 8.45. The number of aromatic nitrogens is 2. The number of hydrogen-bond acceptors (Lipinski definition) is 4. The van der Waals surface area contributed by atoms with E-state index >= 15 is 0 Å². The van der Waals surface area contributed by atoms with Crippen LogP contribution in [0.4, 0.5) is 0 Å². The van der Waals surface area contributed by atoms with Crippen LogP contribution in [0.25, 0.3) is 89.2 Å². The van der Waals surface area contributed by atoms with Gasteiger partial charge in [-0.15, -0.1) is 0 Å². The Labute approximate surface area is 331 Å². The second kappa shape index (κ2) is 13.2. The highest BCUT2D eigenvalue weighted by Gasteiger charge is 2.43. The molecule has 0 radical (unpaired) electrons. The van der Waals surface area contributed by atoms with Gasteiger partial charge in [0.05, 0.1) is 16.8 Å². The van der Waals surface area contributed by atoms with Gasteiger partial charge in [0.2, 0.25) is 0 Å². The van der Waals surface area contributed by atoms with Crippen LogP contribution in [0.2, 0.25) is 0 Å². The van der Waals surface area contributed by atoms with Crippen molar-refractivity contribution in [2.45, 2.75) is 18.4 Å². The van der Waals surface area contributed by atoms with Gasteiger partial charge in [0.15, 0.2) is 5.82 Å². The largest absolute Gasteiger partial charge is 0.485 e. The highest BCUT2D eigenvalue weighted by molar-refractivity contribution is 6.06. The predicted molar refractivity (Wildman–Crippen MR) is 232 cm³/mol. The molecule has 1 aliphatic carbocycles. The summed E-state index contributed by atoms with van der Waals surface area (Å²) in [6.07, 6.45) is 8.60. The minimum atomic E-state index is -0.242. The van der Waals surface area contributed by atoms with Gasteiger partial charge in [-0.05, 0) is 107 Å². The van der Waals surface area contributed by atoms with Crippen molar-refractivity contribution in [3.63, 3.8) is 0 Å². The summed E-state index contributed by atoms with van der Waals surface area (Å²) in [7, 11) is 0. The Morgan fingerprint density at radius 1 is 0.456 bits per heavy atom. The molecule has 2 aromatic heterocycles. The van der Waals surface area contributed by atoms with Gasteiger partial charge in [-0.3, -0.25) is 0 Å². The molecular weight excluding hydrogens is 697 g/mol. The third-order valence-corrected chi connectivity index (χ3v) is 11.5. The lowest BCUT2D eigenvalue weighted by molar-refractivity contribution is 0.228. The third-order valence-electron chi connectivity index (χ3n) is 11.5. The SMILES string of the molecule is CC12C=CC=CC1Oc1ccc(-c3cc(-c4ccc5oc6ccccc6c5c4)cc(-c4cc(-c5cccc(-c6ccccc6)c5)nc(-c5ccccc5)n4)c3)cc12. The van der Waals surface area contributed by atoms with E-state index in [4.69, 9.17) is 19.1 Å². The first-order valence-electron chi connectivity index (χ1n) is 19.4. The molecule has 2 unspecified atom stereocenters. The first kappa shape index (κ1) is 33.1. The Morgan fingerprint density at radius 3 is 1.89 bits per heavy atom. The van der Waals surface area contributed by atoms with Crippen molar-refractivity contribution in [1.82, 2.24) is 9.97 Å². The van der Waals surface area contributed by atoms with Gasteiger partial charge >= 0.3 is 0 Å². The zero-order valence-corrected chi connectivity index (χ0v) is 31.3. The molecule has 57 heavy (non-hydrogen) atoms. The molecule has 1 aliphatic heterocycles. The molecule has 2 atom stereocenters. The van der Waals surface area contributed by atoms with Crippen LogP contribution >= 0.6 is 0 Å². The summed E-state index contributed by atoms with van der Waals surface area (Å²) in [5.74, 6) is 1.61. The number of allylic oxidation sites excluding steroid dienone is 2. The van der Waals surface area contributed by atoms with Crippen LogP contribution in [-0.2, 0) is 5.41 Å². The summed E-state index contributed by atoms with van der Waals surface area (Å²) < 4.78 is 12.7. The molecule has 7 aromatic carbocycles. The first-order valence-corrected chi connectivity index (χ1v) is 19.4. The molecule has 0 saturated carbocycles. The molecule has 0 bridgehead atoms. The van der Waals surface area contributed by atoms with Crippen LogP contribution in [0.5, 0.6) is 5.75 Å². The quantitative estimate of drug-likeness (QED) is 0.171. The number of rotatable bonds is 6. The molecule has 270 valence electrons. The highest BCUT2D eigenvalue weighted by atomic mass is 16.5. The van der Waals surface area contributed by atoms with Gasteiger partial charge in [0.25, 0.3) is 0 Å². The Hall–Kier alpha value is -7.30. The van der Waals surface area contributed by atoms with Gasteiger partial charge in [0.1, 0.15) is 23.0 Å². The van der Waals surface area contributed by atoms with Gasteiger partial charge in [-0.25, -0.2) is 9.97 Å². The first-order chi connectivity index (χ1) is 28.1. The van der Waals surface area contributed by atoms with Crippen molar-refractivity contribution in [2.24, 2.45) is 0 Å². The Morgan fingerprint density at radius 2 is 1.07 bits per heavy atom. The van der Waals surface area contributed by atoms with Crippen LogP contribution in [-0.4, -0.2) is 16.1 Å². The molecule has 3 heterocycles. The van der Waals surface area contributed by atoms with Crippen LogP contribution in [0, 0.1) is 0 Å². The highest BCUT2D eigenvalue weighted by Crippen LogP contribution is 2.48. The molecule has 11 rings (SSSR count). The fraction of sp³-hybridized carbons (Fsp3) is 0.0566. The Balaban J connectivity index is 1.12. The van der Waals surface area contributed by atoms with Crippen LogP contribution in [0.3, 0.4) is 0 Å². The second-order valence-corrected chi connectivity index (χ2v) is 15.2. The summed E-state index contributed by atoms with van der Waals surface area (Å²) in [6.45, 7) is 2.26. The summed E-state index contributed by atoms with van der Waals surface area (Å²) in [6, 6.07) is 59.6. The molecule has 0 amide bonds. The number of hydrogen-bond donors (Lipinski definition) is 0. The standard InChI is InChI=1S/C53H36N2O2/c1-53-26-11-10-21-51(53)57-50-25-23-38(32-45(50)53)41-28-40(37-22-24-49-44(31-37)43-19-8-9-20-48(43)56-49)29-42(30-41)47-33-46(54-52(55-47)35-15-6-3-7-16-35)39-18-12-17-36(27-39)34-13-4-2-5-14-34/h2-33,51H,1H3. The lowest BCUT2D eigenvalue weighted by atomic mass is 9.76. The van der Waals surface area contributed by atoms with E-state index in [1.807, 2.05) is 36.4 Å². The van der Waals surface area contributed by atoms with E-state index < -0.39 is 0 Å². The average molecular weight is 733 g/mol. The average Bonchev–Trinajstić information content (AvgIpc) is 3.80.